The quantitative estimate of drug-likeness (QED) is 0.604. The molecular formula is C13H16. The van der Waals surface area contributed by atoms with E-state index in [1.807, 2.05) is 19.1 Å². The van der Waals surface area contributed by atoms with Crippen molar-refractivity contribution in [2.45, 2.75) is 19.3 Å². The molecule has 0 saturated heterocycles. The molecule has 0 radical (unpaired) electrons. The van der Waals surface area contributed by atoms with Gasteiger partial charge in [-0.05, 0) is 18.9 Å². The Hall–Kier alpha value is -1.30. The standard InChI is InChI=1S/C13H16/c1-3-5-9-12(4-2)13-10-7-6-8-11-13/h3-8,10-12H,2,9H2,1H3/b5-3+. The van der Waals surface area contributed by atoms with Crippen molar-refractivity contribution >= 4 is 0 Å². The molecule has 0 saturated carbocycles. The smallest absolute Gasteiger partial charge is 0.00498 e. The lowest BCUT2D eigenvalue weighted by Gasteiger charge is -2.09. The Kier molecular flexibility index (Phi) is 4.04. The van der Waals surface area contributed by atoms with Gasteiger partial charge in [-0.2, -0.15) is 0 Å². The highest BCUT2D eigenvalue weighted by molar-refractivity contribution is 5.23. The van der Waals surface area contributed by atoms with Gasteiger partial charge in [0.2, 0.25) is 0 Å². The molecule has 0 aliphatic carbocycles. The topological polar surface area (TPSA) is 0 Å². The third-order valence-corrected chi connectivity index (χ3v) is 2.14. The van der Waals surface area contributed by atoms with Crippen LogP contribution < -0.4 is 0 Å². The van der Waals surface area contributed by atoms with Crippen LogP contribution in [0.1, 0.15) is 24.8 Å². The van der Waals surface area contributed by atoms with E-state index in [2.05, 4.69) is 43.0 Å². The lowest BCUT2D eigenvalue weighted by molar-refractivity contribution is 0.865. The summed E-state index contributed by atoms with van der Waals surface area (Å²) in [5.74, 6) is 0.456. The Morgan fingerprint density at radius 3 is 2.54 bits per heavy atom. The molecule has 0 bridgehead atoms. The highest BCUT2D eigenvalue weighted by atomic mass is 14.1. The Morgan fingerprint density at radius 2 is 2.00 bits per heavy atom. The first-order valence-corrected chi connectivity index (χ1v) is 4.67. The molecular weight excluding hydrogens is 156 g/mol. The lowest BCUT2D eigenvalue weighted by Crippen LogP contribution is -1.91. The molecule has 0 aromatic heterocycles. The van der Waals surface area contributed by atoms with Gasteiger partial charge in [-0.1, -0.05) is 48.6 Å². The van der Waals surface area contributed by atoms with E-state index in [4.69, 9.17) is 0 Å². The van der Waals surface area contributed by atoms with Crippen LogP contribution in [0.2, 0.25) is 0 Å². The van der Waals surface area contributed by atoms with Crippen LogP contribution in [0.4, 0.5) is 0 Å². The van der Waals surface area contributed by atoms with Gasteiger partial charge in [-0.15, -0.1) is 6.58 Å². The van der Waals surface area contributed by atoms with Gasteiger partial charge in [0.1, 0.15) is 0 Å². The second-order valence-electron chi connectivity index (χ2n) is 3.06. The van der Waals surface area contributed by atoms with Crippen molar-refractivity contribution in [3.05, 3.63) is 60.7 Å². The van der Waals surface area contributed by atoms with Crippen molar-refractivity contribution in [2.75, 3.05) is 0 Å². The molecule has 0 N–H and O–H groups in total. The predicted molar refractivity (Wildman–Crippen MR) is 58.8 cm³/mol. The zero-order valence-electron chi connectivity index (χ0n) is 8.11. The van der Waals surface area contributed by atoms with Gasteiger partial charge in [0.25, 0.3) is 0 Å². The summed E-state index contributed by atoms with van der Waals surface area (Å²) in [6.45, 7) is 5.90. The molecule has 1 aromatic rings. The van der Waals surface area contributed by atoms with Gasteiger partial charge in [-0.25, -0.2) is 0 Å². The van der Waals surface area contributed by atoms with Crippen LogP contribution in [-0.2, 0) is 0 Å². The van der Waals surface area contributed by atoms with Gasteiger partial charge in [-0.3, -0.25) is 0 Å². The Morgan fingerprint density at radius 1 is 1.31 bits per heavy atom. The van der Waals surface area contributed by atoms with E-state index < -0.39 is 0 Å². The van der Waals surface area contributed by atoms with E-state index in [1.165, 1.54) is 5.56 Å². The summed E-state index contributed by atoms with van der Waals surface area (Å²) in [5.41, 5.74) is 1.34. The van der Waals surface area contributed by atoms with Crippen molar-refractivity contribution in [3.63, 3.8) is 0 Å². The summed E-state index contributed by atoms with van der Waals surface area (Å²) < 4.78 is 0. The van der Waals surface area contributed by atoms with E-state index in [9.17, 15) is 0 Å². The van der Waals surface area contributed by atoms with Crippen molar-refractivity contribution in [1.29, 1.82) is 0 Å². The second-order valence-corrected chi connectivity index (χ2v) is 3.06. The van der Waals surface area contributed by atoms with Crippen LogP contribution in [0.3, 0.4) is 0 Å². The maximum Gasteiger partial charge on any atom is 0.00498 e. The van der Waals surface area contributed by atoms with E-state index in [1.54, 1.807) is 0 Å². The fourth-order valence-electron chi connectivity index (χ4n) is 1.35. The van der Waals surface area contributed by atoms with Crippen LogP contribution in [0, 0.1) is 0 Å². The maximum absolute atomic E-state index is 3.86. The molecule has 0 heteroatoms. The average Bonchev–Trinajstić information content (AvgIpc) is 2.21. The number of hydrogen-bond donors (Lipinski definition) is 0. The zero-order chi connectivity index (χ0) is 9.52. The van der Waals surface area contributed by atoms with E-state index in [0.717, 1.165) is 6.42 Å². The third kappa shape index (κ3) is 2.90. The molecule has 1 atom stereocenters. The zero-order valence-corrected chi connectivity index (χ0v) is 8.11. The first-order chi connectivity index (χ1) is 6.38. The number of allylic oxidation sites excluding steroid dienone is 3. The van der Waals surface area contributed by atoms with Crippen molar-refractivity contribution in [1.82, 2.24) is 0 Å². The van der Waals surface area contributed by atoms with Gasteiger partial charge in [0.05, 0.1) is 0 Å². The van der Waals surface area contributed by atoms with Crippen molar-refractivity contribution in [3.8, 4) is 0 Å². The van der Waals surface area contributed by atoms with Gasteiger partial charge in [0.15, 0.2) is 0 Å². The van der Waals surface area contributed by atoms with Crippen LogP contribution in [0.5, 0.6) is 0 Å². The summed E-state index contributed by atoms with van der Waals surface area (Å²) in [6, 6.07) is 10.5. The third-order valence-electron chi connectivity index (χ3n) is 2.14. The Balaban J connectivity index is 2.72. The van der Waals surface area contributed by atoms with Crippen LogP contribution >= 0.6 is 0 Å². The Bertz CT molecular complexity index is 269. The molecule has 68 valence electrons. The lowest BCUT2D eigenvalue weighted by atomic mass is 9.96. The van der Waals surface area contributed by atoms with Crippen LogP contribution in [0.15, 0.2) is 55.1 Å². The summed E-state index contributed by atoms with van der Waals surface area (Å²) in [6.07, 6.45) is 7.32. The van der Waals surface area contributed by atoms with Gasteiger partial charge >= 0.3 is 0 Å². The minimum absolute atomic E-state index is 0.456. The number of hydrogen-bond acceptors (Lipinski definition) is 0. The van der Waals surface area contributed by atoms with Crippen LogP contribution in [-0.4, -0.2) is 0 Å². The highest BCUT2D eigenvalue weighted by Gasteiger charge is 2.03. The monoisotopic (exact) mass is 172 g/mol. The van der Waals surface area contributed by atoms with E-state index in [0.29, 0.717) is 5.92 Å². The molecule has 1 unspecified atom stereocenters. The number of benzene rings is 1. The Labute approximate surface area is 80.6 Å². The summed E-state index contributed by atoms with van der Waals surface area (Å²) in [5, 5.41) is 0. The summed E-state index contributed by atoms with van der Waals surface area (Å²) >= 11 is 0. The average molecular weight is 172 g/mol. The molecule has 1 rings (SSSR count). The fourth-order valence-corrected chi connectivity index (χ4v) is 1.35. The van der Waals surface area contributed by atoms with E-state index >= 15 is 0 Å². The molecule has 1 aromatic carbocycles. The van der Waals surface area contributed by atoms with Crippen molar-refractivity contribution in [2.24, 2.45) is 0 Å². The largest absolute Gasteiger partial charge is 0.102 e. The summed E-state index contributed by atoms with van der Waals surface area (Å²) in [4.78, 5) is 0. The minimum Gasteiger partial charge on any atom is -0.102 e. The van der Waals surface area contributed by atoms with E-state index in [-0.39, 0.29) is 0 Å². The molecule has 0 aliphatic heterocycles. The molecule has 0 amide bonds. The number of rotatable bonds is 4. The van der Waals surface area contributed by atoms with Crippen molar-refractivity contribution < 1.29 is 0 Å². The summed E-state index contributed by atoms with van der Waals surface area (Å²) in [7, 11) is 0. The molecule has 0 fully saturated rings. The molecule has 0 nitrogen and oxygen atoms in total. The predicted octanol–water partition coefficient (Wildman–Crippen LogP) is 3.92. The highest BCUT2D eigenvalue weighted by Crippen LogP contribution is 2.20. The minimum atomic E-state index is 0.456. The molecule has 0 heterocycles. The van der Waals surface area contributed by atoms with Gasteiger partial charge in [0, 0.05) is 5.92 Å². The first kappa shape index (κ1) is 9.79. The molecule has 0 spiro atoms. The normalized spacial score (nSPS) is 13.0. The molecule has 13 heavy (non-hydrogen) atoms. The van der Waals surface area contributed by atoms with Crippen LogP contribution in [0.25, 0.3) is 0 Å². The second kappa shape index (κ2) is 5.36. The SMILES string of the molecule is C=CC(C/C=C/C)c1ccccc1. The maximum atomic E-state index is 3.86. The first-order valence-electron chi connectivity index (χ1n) is 4.67. The fraction of sp³-hybridized carbons (Fsp3) is 0.231. The molecule has 0 aliphatic rings. The van der Waals surface area contributed by atoms with Gasteiger partial charge < -0.3 is 0 Å².